The van der Waals surface area contributed by atoms with Gasteiger partial charge in [0.05, 0.1) is 8.07 Å². The van der Waals surface area contributed by atoms with E-state index in [9.17, 15) is 0 Å². The third-order valence-corrected chi connectivity index (χ3v) is 5.11. The summed E-state index contributed by atoms with van der Waals surface area (Å²) in [5.74, 6) is 0. The van der Waals surface area contributed by atoms with Crippen molar-refractivity contribution in [1.82, 2.24) is 0 Å². The van der Waals surface area contributed by atoms with Crippen molar-refractivity contribution in [1.29, 1.82) is 0 Å². The molecule has 0 aromatic rings. The fourth-order valence-corrected chi connectivity index (χ4v) is 3.21. The molecule has 0 amide bonds. The van der Waals surface area contributed by atoms with E-state index in [2.05, 4.69) is 45.3 Å². The van der Waals surface area contributed by atoms with E-state index in [0.29, 0.717) is 0 Å². The summed E-state index contributed by atoms with van der Waals surface area (Å²) in [5.41, 5.74) is 0. The molecule has 0 saturated carbocycles. The molecule has 0 aliphatic rings. The van der Waals surface area contributed by atoms with Crippen molar-refractivity contribution in [2.75, 3.05) is 0 Å². The molecule has 0 aromatic heterocycles. The molecule has 88 valence electrons. The first-order valence-electron chi connectivity index (χ1n) is 6.32. The Kier molecular flexibility index (Phi) is 7.76. The second-order valence-corrected chi connectivity index (χ2v) is 10.5. The van der Waals surface area contributed by atoms with Crippen LogP contribution in [0.4, 0.5) is 0 Å². The van der Waals surface area contributed by atoms with E-state index in [-0.39, 0.29) is 0 Å². The zero-order valence-electron chi connectivity index (χ0n) is 11.1. The number of hydrogen-bond acceptors (Lipinski definition) is 0. The normalized spacial score (nSPS) is 12.9. The van der Waals surface area contributed by atoms with Gasteiger partial charge < -0.3 is 0 Å². The minimum absolute atomic E-state index is 1.09. The highest BCUT2D eigenvalue weighted by Crippen LogP contribution is 2.19. The Morgan fingerprint density at radius 1 is 1.13 bits per heavy atom. The van der Waals surface area contributed by atoms with E-state index in [1.165, 1.54) is 32.1 Å². The molecular weight excluding hydrogens is 196 g/mol. The summed E-state index contributed by atoms with van der Waals surface area (Å²) >= 11 is 0. The van der Waals surface area contributed by atoms with Crippen molar-refractivity contribution >= 4 is 8.07 Å². The predicted octanol–water partition coefficient (Wildman–Crippen LogP) is 5.34. The van der Waals surface area contributed by atoms with Gasteiger partial charge in [-0.25, -0.2) is 0 Å². The lowest BCUT2D eigenvalue weighted by atomic mass is 10.1. The average Bonchev–Trinajstić information content (AvgIpc) is 2.14. The van der Waals surface area contributed by atoms with Crippen LogP contribution >= 0.6 is 0 Å². The van der Waals surface area contributed by atoms with Crippen molar-refractivity contribution in [3.8, 4) is 0 Å². The van der Waals surface area contributed by atoms with Crippen molar-refractivity contribution < 1.29 is 0 Å². The Bertz CT molecular complexity index is 196. The van der Waals surface area contributed by atoms with Crippen LogP contribution in [0.15, 0.2) is 23.9 Å². The topological polar surface area (TPSA) is 0 Å². The first-order valence-corrected chi connectivity index (χ1v) is 9.82. The van der Waals surface area contributed by atoms with Gasteiger partial charge in [-0.2, -0.15) is 0 Å². The summed E-state index contributed by atoms with van der Waals surface area (Å²) in [6.07, 6.45) is 12.4. The highest BCUT2D eigenvalue weighted by Gasteiger charge is 2.17. The zero-order chi connectivity index (χ0) is 11.7. The largest absolute Gasteiger partial charge is 0.103 e. The Hall–Kier alpha value is -0.303. The molecule has 15 heavy (non-hydrogen) atoms. The smallest absolute Gasteiger partial charge is 0.0724 e. The number of hydrogen-bond donors (Lipinski definition) is 0. The van der Waals surface area contributed by atoms with E-state index >= 15 is 0 Å². The second kappa shape index (κ2) is 7.92. The van der Waals surface area contributed by atoms with Crippen LogP contribution in [0.25, 0.3) is 0 Å². The van der Waals surface area contributed by atoms with Crippen molar-refractivity contribution in [3.63, 3.8) is 0 Å². The van der Waals surface area contributed by atoms with E-state index in [1.54, 1.807) is 5.20 Å². The van der Waals surface area contributed by atoms with Crippen LogP contribution in [0.5, 0.6) is 0 Å². The lowest BCUT2D eigenvalue weighted by molar-refractivity contribution is 0.673. The van der Waals surface area contributed by atoms with E-state index in [4.69, 9.17) is 0 Å². The van der Waals surface area contributed by atoms with Crippen LogP contribution in [0.2, 0.25) is 19.6 Å². The van der Waals surface area contributed by atoms with Crippen LogP contribution in [0, 0.1) is 0 Å². The van der Waals surface area contributed by atoms with E-state index in [0.717, 1.165) is 6.42 Å². The fraction of sp³-hybridized carbons (Fsp3) is 0.714. The molecule has 0 atom stereocenters. The van der Waals surface area contributed by atoms with Crippen LogP contribution in [0.1, 0.15) is 45.4 Å². The third kappa shape index (κ3) is 7.61. The van der Waals surface area contributed by atoms with Gasteiger partial charge in [0.1, 0.15) is 0 Å². The Balaban J connectivity index is 4.01. The van der Waals surface area contributed by atoms with Crippen LogP contribution in [-0.2, 0) is 0 Å². The molecule has 0 spiro atoms. The molecule has 0 heterocycles. The lowest BCUT2D eigenvalue weighted by Crippen LogP contribution is -2.23. The maximum absolute atomic E-state index is 3.85. The molecule has 0 nitrogen and oxygen atoms in total. The van der Waals surface area contributed by atoms with Gasteiger partial charge in [-0.1, -0.05) is 63.2 Å². The second-order valence-electron chi connectivity index (χ2n) is 5.32. The number of allylic oxidation sites excluding steroid dienone is 3. The maximum atomic E-state index is 3.85. The first kappa shape index (κ1) is 14.7. The van der Waals surface area contributed by atoms with Gasteiger partial charge in [-0.3, -0.25) is 0 Å². The molecular formula is C14H28Si. The van der Waals surface area contributed by atoms with Crippen molar-refractivity contribution in [2.24, 2.45) is 0 Å². The van der Waals surface area contributed by atoms with E-state index in [1.807, 2.05) is 0 Å². The number of unbranched alkanes of at least 4 members (excludes halogenated alkanes) is 4. The Morgan fingerprint density at radius 2 is 1.80 bits per heavy atom. The standard InChI is InChI=1S/C14H28Si/c1-6-8-9-10-11-13-14(12-7-2)15(3,4)5/h7,13H,2,6,8-12H2,1,3-5H3/b14-13-. The molecule has 0 saturated heterocycles. The molecule has 0 unspecified atom stereocenters. The van der Waals surface area contributed by atoms with Crippen LogP contribution < -0.4 is 0 Å². The summed E-state index contributed by atoms with van der Waals surface area (Å²) in [4.78, 5) is 0. The zero-order valence-corrected chi connectivity index (χ0v) is 12.1. The van der Waals surface area contributed by atoms with Gasteiger partial charge in [-0.15, -0.1) is 6.58 Å². The van der Waals surface area contributed by atoms with Gasteiger partial charge in [0.2, 0.25) is 0 Å². The van der Waals surface area contributed by atoms with Crippen LogP contribution in [-0.4, -0.2) is 8.07 Å². The molecule has 0 fully saturated rings. The summed E-state index contributed by atoms with van der Waals surface area (Å²) < 4.78 is 0. The molecule has 1 heteroatoms. The fourth-order valence-electron chi connectivity index (χ4n) is 1.70. The lowest BCUT2D eigenvalue weighted by Gasteiger charge is -2.20. The number of rotatable bonds is 8. The van der Waals surface area contributed by atoms with Gasteiger partial charge in [0, 0.05) is 0 Å². The van der Waals surface area contributed by atoms with Gasteiger partial charge in [0.25, 0.3) is 0 Å². The molecule has 0 N–H and O–H groups in total. The molecule has 0 rings (SSSR count). The molecule has 0 aliphatic heterocycles. The molecule has 0 aliphatic carbocycles. The summed E-state index contributed by atoms with van der Waals surface area (Å²) in [7, 11) is -1.09. The average molecular weight is 224 g/mol. The highest BCUT2D eigenvalue weighted by molar-refractivity contribution is 6.83. The van der Waals surface area contributed by atoms with Crippen molar-refractivity contribution in [3.05, 3.63) is 23.9 Å². The summed E-state index contributed by atoms with van der Waals surface area (Å²) in [6, 6.07) is 0. The van der Waals surface area contributed by atoms with Gasteiger partial charge >= 0.3 is 0 Å². The highest BCUT2D eigenvalue weighted by atomic mass is 28.3. The predicted molar refractivity (Wildman–Crippen MR) is 75.0 cm³/mol. The first-order chi connectivity index (χ1) is 7.02. The third-order valence-electron chi connectivity index (χ3n) is 2.78. The summed E-state index contributed by atoms with van der Waals surface area (Å²) in [5, 5.41) is 1.67. The van der Waals surface area contributed by atoms with Crippen LogP contribution in [0.3, 0.4) is 0 Å². The summed E-state index contributed by atoms with van der Waals surface area (Å²) in [6.45, 7) is 13.4. The quantitative estimate of drug-likeness (QED) is 0.297. The van der Waals surface area contributed by atoms with Gasteiger partial charge in [-0.05, 0) is 19.3 Å². The molecule has 0 radical (unpaired) electrons. The van der Waals surface area contributed by atoms with Crippen molar-refractivity contribution in [2.45, 2.75) is 65.1 Å². The minimum Gasteiger partial charge on any atom is -0.103 e. The molecule has 0 bridgehead atoms. The Morgan fingerprint density at radius 3 is 2.27 bits per heavy atom. The Labute approximate surface area is 97.5 Å². The maximum Gasteiger partial charge on any atom is 0.0724 e. The monoisotopic (exact) mass is 224 g/mol. The minimum atomic E-state index is -1.09. The molecule has 0 aromatic carbocycles. The van der Waals surface area contributed by atoms with E-state index < -0.39 is 8.07 Å². The SMILES string of the molecule is C=CC/C(=C/CCCCCC)[Si](C)(C)C. The van der Waals surface area contributed by atoms with Gasteiger partial charge in [0.15, 0.2) is 0 Å².